The fourth-order valence-corrected chi connectivity index (χ4v) is 2.47. The number of nitrogens with two attached hydrogens (primary N) is 1. The van der Waals surface area contributed by atoms with Gasteiger partial charge in [0.25, 0.3) is 0 Å². The Kier molecular flexibility index (Phi) is 5.04. The van der Waals surface area contributed by atoms with Crippen LogP contribution in [-0.4, -0.2) is 14.2 Å². The highest BCUT2D eigenvalue weighted by atomic mass is 79.9. The van der Waals surface area contributed by atoms with Crippen molar-refractivity contribution in [3.05, 3.63) is 58.1 Å². The minimum atomic E-state index is -0.0893. The molecule has 0 aliphatic carbocycles. The molecule has 20 heavy (non-hydrogen) atoms. The molecule has 0 radical (unpaired) electrons. The molecule has 1 unspecified atom stereocenters. The van der Waals surface area contributed by atoms with Crippen molar-refractivity contribution in [1.29, 1.82) is 0 Å². The van der Waals surface area contributed by atoms with E-state index in [0.717, 1.165) is 33.5 Å². The van der Waals surface area contributed by atoms with Crippen molar-refractivity contribution in [2.24, 2.45) is 5.73 Å². The second-order valence-corrected chi connectivity index (χ2v) is 5.40. The second kappa shape index (κ2) is 6.77. The number of halogens is 1. The van der Waals surface area contributed by atoms with Crippen LogP contribution in [0.25, 0.3) is 0 Å². The molecule has 106 valence electrons. The lowest BCUT2D eigenvalue weighted by Crippen LogP contribution is -2.13. The van der Waals surface area contributed by atoms with E-state index in [4.69, 9.17) is 15.2 Å². The first-order valence-electron chi connectivity index (χ1n) is 6.36. The fourth-order valence-electron chi connectivity index (χ4n) is 2.06. The van der Waals surface area contributed by atoms with Crippen LogP contribution in [0.5, 0.6) is 11.5 Å². The van der Waals surface area contributed by atoms with Crippen LogP contribution in [0, 0.1) is 0 Å². The molecule has 2 aromatic carbocycles. The zero-order chi connectivity index (χ0) is 14.5. The van der Waals surface area contributed by atoms with Gasteiger partial charge in [-0.1, -0.05) is 28.1 Å². The highest BCUT2D eigenvalue weighted by molar-refractivity contribution is 9.10. The minimum absolute atomic E-state index is 0.0893. The number of methoxy groups -OCH3 is 2. The molecule has 0 aliphatic heterocycles. The Bertz CT molecular complexity index is 586. The van der Waals surface area contributed by atoms with Gasteiger partial charge in [-0.2, -0.15) is 0 Å². The van der Waals surface area contributed by atoms with E-state index in [1.165, 1.54) is 0 Å². The highest BCUT2D eigenvalue weighted by Crippen LogP contribution is 2.27. The third-order valence-electron chi connectivity index (χ3n) is 3.21. The first kappa shape index (κ1) is 14.9. The quantitative estimate of drug-likeness (QED) is 0.905. The zero-order valence-electron chi connectivity index (χ0n) is 11.6. The molecule has 0 saturated carbocycles. The summed E-state index contributed by atoms with van der Waals surface area (Å²) >= 11 is 3.55. The Hall–Kier alpha value is -1.52. The van der Waals surface area contributed by atoms with Crippen molar-refractivity contribution in [3.8, 4) is 11.5 Å². The molecule has 1 atom stereocenters. The van der Waals surface area contributed by atoms with Gasteiger partial charge in [0.15, 0.2) is 0 Å². The molecule has 2 aromatic rings. The number of hydrogen-bond acceptors (Lipinski definition) is 3. The summed E-state index contributed by atoms with van der Waals surface area (Å²) in [5.74, 6) is 1.66. The molecule has 0 fully saturated rings. The number of ether oxygens (including phenoxy) is 2. The molecule has 0 heterocycles. The first-order chi connectivity index (χ1) is 9.63. The average Bonchev–Trinajstić information content (AvgIpc) is 2.49. The van der Waals surface area contributed by atoms with Crippen LogP contribution in [0.15, 0.2) is 46.9 Å². The predicted molar refractivity (Wildman–Crippen MR) is 84.3 cm³/mol. The van der Waals surface area contributed by atoms with Gasteiger partial charge in [0.1, 0.15) is 11.5 Å². The molecular formula is C16H18BrNO2. The number of benzene rings is 2. The summed E-state index contributed by atoms with van der Waals surface area (Å²) in [7, 11) is 3.32. The second-order valence-electron chi connectivity index (χ2n) is 4.54. The summed E-state index contributed by atoms with van der Waals surface area (Å²) < 4.78 is 11.5. The lowest BCUT2D eigenvalue weighted by molar-refractivity contribution is 0.413. The third kappa shape index (κ3) is 3.52. The van der Waals surface area contributed by atoms with Crippen molar-refractivity contribution >= 4 is 15.9 Å². The van der Waals surface area contributed by atoms with E-state index in [1.807, 2.05) is 42.5 Å². The molecule has 0 spiro atoms. The third-order valence-corrected chi connectivity index (χ3v) is 3.99. The van der Waals surface area contributed by atoms with E-state index in [1.54, 1.807) is 14.2 Å². The van der Waals surface area contributed by atoms with Gasteiger partial charge in [0, 0.05) is 10.5 Å². The molecule has 4 heteroatoms. The normalized spacial score (nSPS) is 12.0. The van der Waals surface area contributed by atoms with E-state index in [-0.39, 0.29) is 6.04 Å². The Labute approximate surface area is 127 Å². The molecule has 2 N–H and O–H groups in total. The van der Waals surface area contributed by atoms with Gasteiger partial charge in [-0.25, -0.2) is 0 Å². The Morgan fingerprint density at radius 1 is 1.05 bits per heavy atom. The van der Waals surface area contributed by atoms with E-state index in [9.17, 15) is 0 Å². The van der Waals surface area contributed by atoms with Crippen LogP contribution in [0.2, 0.25) is 0 Å². The van der Waals surface area contributed by atoms with E-state index >= 15 is 0 Å². The minimum Gasteiger partial charge on any atom is -0.497 e. The smallest absolute Gasteiger partial charge is 0.119 e. The van der Waals surface area contributed by atoms with Crippen molar-refractivity contribution in [1.82, 2.24) is 0 Å². The predicted octanol–water partition coefficient (Wildman–Crippen LogP) is 3.71. The van der Waals surface area contributed by atoms with Crippen LogP contribution >= 0.6 is 15.9 Å². The summed E-state index contributed by atoms with van der Waals surface area (Å²) in [6.45, 7) is 0. The Morgan fingerprint density at radius 2 is 1.75 bits per heavy atom. The average molecular weight is 336 g/mol. The first-order valence-corrected chi connectivity index (χ1v) is 7.15. The molecular weight excluding hydrogens is 318 g/mol. The van der Waals surface area contributed by atoms with Crippen molar-refractivity contribution in [2.75, 3.05) is 14.2 Å². The van der Waals surface area contributed by atoms with Crippen LogP contribution in [0.1, 0.15) is 17.2 Å². The fraction of sp³-hybridized carbons (Fsp3) is 0.250. The van der Waals surface area contributed by atoms with Crippen molar-refractivity contribution in [3.63, 3.8) is 0 Å². The van der Waals surface area contributed by atoms with Crippen molar-refractivity contribution < 1.29 is 9.47 Å². The van der Waals surface area contributed by atoms with Crippen molar-refractivity contribution in [2.45, 2.75) is 12.5 Å². The largest absolute Gasteiger partial charge is 0.497 e. The molecule has 3 nitrogen and oxygen atoms in total. The van der Waals surface area contributed by atoms with E-state index in [2.05, 4.69) is 15.9 Å². The molecule has 0 aromatic heterocycles. The van der Waals surface area contributed by atoms with Gasteiger partial charge in [-0.15, -0.1) is 0 Å². The monoisotopic (exact) mass is 335 g/mol. The molecule has 0 saturated heterocycles. The molecule has 0 amide bonds. The maximum atomic E-state index is 6.29. The number of rotatable bonds is 5. The zero-order valence-corrected chi connectivity index (χ0v) is 13.2. The molecule has 0 aliphatic rings. The highest BCUT2D eigenvalue weighted by Gasteiger charge is 2.11. The van der Waals surface area contributed by atoms with Crippen LogP contribution in [0.3, 0.4) is 0 Å². The van der Waals surface area contributed by atoms with Crippen LogP contribution in [-0.2, 0) is 6.42 Å². The lowest BCUT2D eigenvalue weighted by Gasteiger charge is -2.15. The summed E-state index contributed by atoms with van der Waals surface area (Å²) in [6.07, 6.45) is 0.727. The molecule has 0 bridgehead atoms. The van der Waals surface area contributed by atoms with Gasteiger partial charge >= 0.3 is 0 Å². The lowest BCUT2D eigenvalue weighted by atomic mass is 9.99. The Morgan fingerprint density at radius 3 is 2.45 bits per heavy atom. The van der Waals surface area contributed by atoms with Crippen LogP contribution < -0.4 is 15.2 Å². The topological polar surface area (TPSA) is 44.5 Å². The maximum absolute atomic E-state index is 6.29. The summed E-state index contributed by atoms with van der Waals surface area (Å²) in [4.78, 5) is 0. The summed E-state index contributed by atoms with van der Waals surface area (Å²) in [6, 6.07) is 13.7. The summed E-state index contributed by atoms with van der Waals surface area (Å²) in [5.41, 5.74) is 8.47. The van der Waals surface area contributed by atoms with E-state index in [0.29, 0.717) is 0 Å². The molecule has 2 rings (SSSR count). The van der Waals surface area contributed by atoms with Gasteiger partial charge in [-0.05, 0) is 47.9 Å². The maximum Gasteiger partial charge on any atom is 0.119 e. The van der Waals surface area contributed by atoms with Gasteiger partial charge in [-0.3, -0.25) is 0 Å². The SMILES string of the molecule is COc1cccc(C(N)Cc2cc(OC)ccc2Br)c1. The van der Waals surface area contributed by atoms with E-state index < -0.39 is 0 Å². The Balaban J connectivity index is 2.20. The standard InChI is InChI=1S/C16H18BrNO2/c1-19-13-5-3-4-11(8-13)16(18)10-12-9-14(20-2)6-7-15(12)17/h3-9,16H,10,18H2,1-2H3. The van der Waals surface area contributed by atoms with Crippen LogP contribution in [0.4, 0.5) is 0 Å². The number of hydrogen-bond donors (Lipinski definition) is 1. The van der Waals surface area contributed by atoms with Gasteiger partial charge < -0.3 is 15.2 Å². The van der Waals surface area contributed by atoms with Gasteiger partial charge in [0.2, 0.25) is 0 Å². The van der Waals surface area contributed by atoms with Gasteiger partial charge in [0.05, 0.1) is 14.2 Å². The summed E-state index contributed by atoms with van der Waals surface area (Å²) in [5, 5.41) is 0.